The van der Waals surface area contributed by atoms with Gasteiger partial charge in [-0.05, 0) is 35.4 Å². The summed E-state index contributed by atoms with van der Waals surface area (Å²) in [6.07, 6.45) is 0.247. The van der Waals surface area contributed by atoms with Gasteiger partial charge >= 0.3 is 0 Å². The monoisotopic (exact) mass is 504 g/mol. The van der Waals surface area contributed by atoms with E-state index in [9.17, 15) is 4.79 Å². The molecular weight excluding hydrogens is 476 g/mol. The zero-order chi connectivity index (χ0) is 26.3. The second kappa shape index (κ2) is 11.4. The van der Waals surface area contributed by atoms with E-state index in [-0.39, 0.29) is 12.3 Å². The van der Waals surface area contributed by atoms with Gasteiger partial charge in [0.05, 0.1) is 12.1 Å². The van der Waals surface area contributed by atoms with Crippen molar-refractivity contribution in [2.24, 2.45) is 0 Å². The minimum atomic E-state index is -0.150. The first-order valence-corrected chi connectivity index (χ1v) is 12.5. The topological polar surface area (TPSA) is 113 Å². The summed E-state index contributed by atoms with van der Waals surface area (Å²) in [4.78, 5) is 24.7. The van der Waals surface area contributed by atoms with Crippen LogP contribution in [-0.4, -0.2) is 43.0 Å². The lowest BCUT2D eigenvalue weighted by Crippen LogP contribution is -2.25. The zero-order valence-corrected chi connectivity index (χ0v) is 21.3. The second-order valence-electron chi connectivity index (χ2n) is 8.94. The lowest BCUT2D eigenvalue weighted by Gasteiger charge is -2.22. The van der Waals surface area contributed by atoms with Gasteiger partial charge in [-0.25, -0.2) is 10.1 Å². The van der Waals surface area contributed by atoms with Crippen LogP contribution in [0.2, 0.25) is 0 Å². The molecule has 0 radical (unpaired) electrons. The van der Waals surface area contributed by atoms with Crippen LogP contribution in [0.3, 0.4) is 0 Å². The number of nitrogens with one attached hydrogen (secondary N) is 2. The average Bonchev–Trinajstić information content (AvgIpc) is 3.48. The standard InChI is InChI=1S/C29H28N8O/c1-3-37(19-22-9-5-4-6-10-22)29-30-25(23-11-7-8-12-24(23)28-33-35-36-34-28)18-26(32-29)31-27(38)17-21-15-13-20(2)14-16-21/h4-16,18H,3,17,19H2,1-2H3,(H,30,31,32,38)(H,33,34,35,36). The predicted octanol–water partition coefficient (Wildman–Crippen LogP) is 4.84. The Balaban J connectivity index is 1.52. The molecule has 2 aromatic heterocycles. The molecule has 0 saturated heterocycles. The highest BCUT2D eigenvalue weighted by atomic mass is 16.1. The fourth-order valence-corrected chi connectivity index (χ4v) is 4.17. The van der Waals surface area contributed by atoms with Crippen molar-refractivity contribution < 1.29 is 4.79 Å². The molecule has 2 N–H and O–H groups in total. The van der Waals surface area contributed by atoms with Gasteiger partial charge in [-0.2, -0.15) is 4.98 Å². The van der Waals surface area contributed by atoms with Crippen LogP contribution in [0, 0.1) is 6.92 Å². The van der Waals surface area contributed by atoms with Gasteiger partial charge in [0.2, 0.25) is 11.9 Å². The van der Waals surface area contributed by atoms with Crippen molar-refractivity contribution in [1.82, 2.24) is 30.6 Å². The number of aryl methyl sites for hydroxylation is 1. The summed E-state index contributed by atoms with van der Waals surface area (Å²) in [5.41, 5.74) is 5.49. The van der Waals surface area contributed by atoms with Crippen LogP contribution in [-0.2, 0) is 17.8 Å². The van der Waals surface area contributed by atoms with Crippen LogP contribution < -0.4 is 10.2 Å². The summed E-state index contributed by atoms with van der Waals surface area (Å²) in [6.45, 7) is 5.39. The smallest absolute Gasteiger partial charge is 0.229 e. The molecule has 0 saturated carbocycles. The Bertz CT molecular complexity index is 1500. The maximum Gasteiger partial charge on any atom is 0.229 e. The number of amides is 1. The van der Waals surface area contributed by atoms with Crippen LogP contribution in [0.1, 0.15) is 23.6 Å². The van der Waals surface area contributed by atoms with Crippen molar-refractivity contribution in [3.63, 3.8) is 0 Å². The molecule has 0 fully saturated rings. The Morgan fingerprint density at radius 3 is 2.34 bits per heavy atom. The molecule has 0 unspecified atom stereocenters. The number of hydrogen-bond donors (Lipinski definition) is 2. The van der Waals surface area contributed by atoms with E-state index in [0.29, 0.717) is 36.4 Å². The fraction of sp³-hybridized carbons (Fsp3) is 0.172. The number of H-pyrrole nitrogens is 1. The third-order valence-electron chi connectivity index (χ3n) is 6.15. The van der Waals surface area contributed by atoms with Gasteiger partial charge in [0.15, 0.2) is 5.82 Å². The normalized spacial score (nSPS) is 10.8. The maximum absolute atomic E-state index is 13.0. The van der Waals surface area contributed by atoms with Crippen molar-refractivity contribution in [1.29, 1.82) is 0 Å². The minimum Gasteiger partial charge on any atom is -0.337 e. The van der Waals surface area contributed by atoms with Gasteiger partial charge in [-0.3, -0.25) is 4.79 Å². The average molecular weight is 505 g/mol. The summed E-state index contributed by atoms with van der Waals surface area (Å²) >= 11 is 0. The third kappa shape index (κ3) is 5.89. The molecule has 190 valence electrons. The van der Waals surface area contributed by atoms with Gasteiger partial charge in [0.25, 0.3) is 0 Å². The maximum atomic E-state index is 13.0. The van der Waals surface area contributed by atoms with Gasteiger partial charge in [0.1, 0.15) is 5.82 Å². The van der Waals surface area contributed by atoms with E-state index in [1.807, 2.05) is 73.7 Å². The summed E-state index contributed by atoms with van der Waals surface area (Å²) in [6, 6.07) is 27.6. The van der Waals surface area contributed by atoms with E-state index >= 15 is 0 Å². The Kier molecular flexibility index (Phi) is 7.44. The predicted molar refractivity (Wildman–Crippen MR) is 147 cm³/mol. The Hall–Kier alpha value is -4.92. The van der Waals surface area contributed by atoms with Crippen LogP contribution in [0.15, 0.2) is 84.9 Å². The van der Waals surface area contributed by atoms with Crippen LogP contribution in [0.5, 0.6) is 0 Å². The highest BCUT2D eigenvalue weighted by molar-refractivity contribution is 5.92. The van der Waals surface area contributed by atoms with Gasteiger partial charge in [0, 0.05) is 30.3 Å². The Morgan fingerprint density at radius 2 is 1.63 bits per heavy atom. The van der Waals surface area contributed by atoms with Crippen LogP contribution in [0.25, 0.3) is 22.6 Å². The highest BCUT2D eigenvalue weighted by Gasteiger charge is 2.18. The molecule has 38 heavy (non-hydrogen) atoms. The number of aromatic amines is 1. The molecule has 9 heteroatoms. The summed E-state index contributed by atoms with van der Waals surface area (Å²) in [7, 11) is 0. The molecule has 0 aliphatic rings. The molecule has 0 spiro atoms. The van der Waals surface area contributed by atoms with E-state index in [1.54, 1.807) is 6.07 Å². The first kappa shape index (κ1) is 24.8. The zero-order valence-electron chi connectivity index (χ0n) is 21.3. The highest BCUT2D eigenvalue weighted by Crippen LogP contribution is 2.31. The molecule has 0 aliphatic carbocycles. The summed E-state index contributed by atoms with van der Waals surface area (Å²) in [5.74, 6) is 1.33. The molecule has 0 bridgehead atoms. The lowest BCUT2D eigenvalue weighted by atomic mass is 10.0. The molecule has 0 aliphatic heterocycles. The quantitative estimate of drug-likeness (QED) is 0.295. The van der Waals surface area contributed by atoms with Crippen molar-refractivity contribution >= 4 is 17.7 Å². The summed E-state index contributed by atoms with van der Waals surface area (Å²) in [5, 5.41) is 17.3. The number of carbonyl (C=O) groups is 1. The number of carbonyl (C=O) groups excluding carboxylic acids is 1. The second-order valence-corrected chi connectivity index (χ2v) is 8.94. The minimum absolute atomic E-state index is 0.150. The van der Waals surface area contributed by atoms with Gasteiger partial charge in [-0.1, -0.05) is 84.4 Å². The van der Waals surface area contributed by atoms with Crippen molar-refractivity contribution in [3.05, 3.63) is 102 Å². The number of nitrogens with zero attached hydrogens (tertiary/aromatic N) is 6. The fourth-order valence-electron chi connectivity index (χ4n) is 4.17. The number of rotatable bonds is 9. The van der Waals surface area contributed by atoms with E-state index < -0.39 is 0 Å². The number of aromatic nitrogens is 6. The molecule has 1 amide bonds. The first-order valence-electron chi connectivity index (χ1n) is 12.5. The van der Waals surface area contributed by atoms with Crippen LogP contribution >= 0.6 is 0 Å². The molecule has 5 rings (SSSR count). The Labute approximate surface area is 221 Å². The Morgan fingerprint density at radius 1 is 0.895 bits per heavy atom. The summed E-state index contributed by atoms with van der Waals surface area (Å²) < 4.78 is 0. The van der Waals surface area contributed by atoms with E-state index in [0.717, 1.165) is 27.8 Å². The third-order valence-corrected chi connectivity index (χ3v) is 6.15. The lowest BCUT2D eigenvalue weighted by molar-refractivity contribution is -0.115. The van der Waals surface area contributed by atoms with Gasteiger partial charge < -0.3 is 10.2 Å². The SMILES string of the molecule is CCN(Cc1ccccc1)c1nc(NC(=O)Cc2ccc(C)cc2)cc(-c2ccccc2-c2nnn[nH]2)n1. The first-order chi connectivity index (χ1) is 18.6. The van der Waals surface area contributed by atoms with Gasteiger partial charge in [-0.15, -0.1) is 5.10 Å². The van der Waals surface area contributed by atoms with Crippen LogP contribution in [0.4, 0.5) is 11.8 Å². The number of anilines is 2. The van der Waals surface area contributed by atoms with E-state index in [1.165, 1.54) is 0 Å². The van der Waals surface area contributed by atoms with E-state index in [2.05, 4.69) is 49.9 Å². The van der Waals surface area contributed by atoms with E-state index in [4.69, 9.17) is 9.97 Å². The molecule has 0 atom stereocenters. The van der Waals surface area contributed by atoms with Crippen molar-refractivity contribution in [2.75, 3.05) is 16.8 Å². The molecular formula is C29H28N8O. The largest absolute Gasteiger partial charge is 0.337 e. The molecule has 2 heterocycles. The molecule has 3 aromatic carbocycles. The molecule has 5 aromatic rings. The number of tetrazole rings is 1. The van der Waals surface area contributed by atoms with Crippen molar-refractivity contribution in [3.8, 4) is 22.6 Å². The van der Waals surface area contributed by atoms with Crippen molar-refractivity contribution in [2.45, 2.75) is 26.8 Å². The molecule has 9 nitrogen and oxygen atoms in total. The number of benzene rings is 3. The number of hydrogen-bond acceptors (Lipinski definition) is 7.